The number of carbonyl (C=O) groups is 1. The number of aliphatic imine (C=N–C) groups is 1. The number of hydrogen-bond acceptors (Lipinski definition) is 3. The van der Waals surface area contributed by atoms with Crippen LogP contribution in [0.2, 0.25) is 0 Å². The van der Waals surface area contributed by atoms with Crippen molar-refractivity contribution >= 4 is 34.3 Å². The second-order valence-electron chi connectivity index (χ2n) is 4.49. The number of fused-ring (bicyclic) bond motifs is 1. The highest BCUT2D eigenvalue weighted by Crippen LogP contribution is 2.52. The lowest BCUT2D eigenvalue weighted by atomic mass is 10.1. The van der Waals surface area contributed by atoms with Crippen LogP contribution in [0.1, 0.15) is 12.8 Å². The summed E-state index contributed by atoms with van der Waals surface area (Å²) in [7, 11) is 0. The van der Waals surface area contributed by atoms with Crippen LogP contribution in [-0.4, -0.2) is 32.6 Å². The van der Waals surface area contributed by atoms with Crippen molar-refractivity contribution in [1.29, 1.82) is 0 Å². The van der Waals surface area contributed by atoms with E-state index in [1.54, 1.807) is 17.3 Å². The SMILES string of the molecule is O=C1N=C2CC(C3CC3(F)F)NN2C=CC1I. The summed E-state index contributed by atoms with van der Waals surface area (Å²) < 4.78 is 25.6. The van der Waals surface area contributed by atoms with Crippen LogP contribution in [0.3, 0.4) is 0 Å². The molecule has 7 heteroatoms. The average molecular weight is 353 g/mol. The van der Waals surface area contributed by atoms with Gasteiger partial charge in [-0.05, 0) is 6.08 Å². The molecule has 3 rings (SSSR count). The molecule has 3 atom stereocenters. The zero-order valence-electron chi connectivity index (χ0n) is 8.74. The maximum atomic E-state index is 13.0. The van der Waals surface area contributed by atoms with Gasteiger partial charge < -0.3 is 0 Å². The van der Waals surface area contributed by atoms with Gasteiger partial charge in [-0.1, -0.05) is 22.6 Å². The lowest BCUT2D eigenvalue weighted by Gasteiger charge is -2.14. The summed E-state index contributed by atoms with van der Waals surface area (Å²) in [6.07, 6.45) is 3.72. The summed E-state index contributed by atoms with van der Waals surface area (Å²) >= 11 is 1.99. The summed E-state index contributed by atoms with van der Waals surface area (Å²) in [6.45, 7) is 0. The molecule has 0 aromatic carbocycles. The molecule has 1 saturated carbocycles. The van der Waals surface area contributed by atoms with Crippen LogP contribution in [0.15, 0.2) is 17.3 Å². The lowest BCUT2D eigenvalue weighted by molar-refractivity contribution is -0.116. The Labute approximate surface area is 110 Å². The van der Waals surface area contributed by atoms with Crippen LogP contribution in [0, 0.1) is 5.92 Å². The number of halogens is 3. The first-order valence-corrected chi connectivity index (χ1v) is 6.59. The van der Waals surface area contributed by atoms with Crippen LogP contribution in [-0.2, 0) is 4.79 Å². The number of amidine groups is 1. The van der Waals surface area contributed by atoms with Gasteiger partial charge in [0.15, 0.2) is 0 Å². The van der Waals surface area contributed by atoms with Gasteiger partial charge in [0.1, 0.15) is 9.76 Å². The Kier molecular flexibility index (Phi) is 2.51. The van der Waals surface area contributed by atoms with E-state index in [1.807, 2.05) is 22.6 Å². The van der Waals surface area contributed by atoms with E-state index in [0.717, 1.165) is 0 Å². The van der Waals surface area contributed by atoms with E-state index >= 15 is 0 Å². The first kappa shape index (κ1) is 11.5. The number of hydrazine groups is 1. The quantitative estimate of drug-likeness (QED) is 0.574. The number of rotatable bonds is 1. The smallest absolute Gasteiger partial charge is 0.264 e. The number of hydrogen-bond donors (Lipinski definition) is 1. The monoisotopic (exact) mass is 353 g/mol. The topological polar surface area (TPSA) is 44.7 Å². The lowest BCUT2D eigenvalue weighted by Crippen LogP contribution is -2.35. The van der Waals surface area contributed by atoms with Crippen molar-refractivity contribution in [1.82, 2.24) is 10.4 Å². The van der Waals surface area contributed by atoms with Gasteiger partial charge in [-0.3, -0.25) is 9.80 Å². The third-order valence-electron chi connectivity index (χ3n) is 3.22. The second-order valence-corrected chi connectivity index (χ2v) is 5.83. The van der Waals surface area contributed by atoms with Gasteiger partial charge >= 0.3 is 0 Å². The Morgan fingerprint density at radius 2 is 2.29 bits per heavy atom. The summed E-state index contributed by atoms with van der Waals surface area (Å²) in [4.78, 5) is 15.5. The molecule has 2 aliphatic heterocycles. The average Bonchev–Trinajstić information content (AvgIpc) is 2.76. The molecule has 2 heterocycles. The highest BCUT2D eigenvalue weighted by atomic mass is 127. The fraction of sp³-hybridized carbons (Fsp3) is 0.600. The Morgan fingerprint density at radius 3 is 2.94 bits per heavy atom. The third kappa shape index (κ3) is 1.99. The predicted octanol–water partition coefficient (Wildman–Crippen LogP) is 1.48. The fourth-order valence-corrected chi connectivity index (χ4v) is 2.48. The molecule has 0 bridgehead atoms. The van der Waals surface area contributed by atoms with Crippen LogP contribution < -0.4 is 5.43 Å². The summed E-state index contributed by atoms with van der Waals surface area (Å²) in [5, 5.41) is 1.59. The van der Waals surface area contributed by atoms with E-state index in [1.165, 1.54) is 0 Å². The van der Waals surface area contributed by atoms with Crippen molar-refractivity contribution in [2.45, 2.75) is 28.7 Å². The van der Waals surface area contributed by atoms with Crippen molar-refractivity contribution in [3.05, 3.63) is 12.3 Å². The van der Waals surface area contributed by atoms with Crippen molar-refractivity contribution < 1.29 is 13.6 Å². The minimum Gasteiger partial charge on any atom is -0.271 e. The highest BCUT2D eigenvalue weighted by molar-refractivity contribution is 14.1. The standard InChI is InChI=1S/C10H10F2IN3O/c11-10(12)4-5(10)7-3-8-14-9(17)6(13)1-2-16(8)15-7/h1-2,5-7,15H,3-4H2. The molecular formula is C10H10F2IN3O. The Morgan fingerprint density at radius 1 is 1.59 bits per heavy atom. The molecule has 3 aliphatic rings. The van der Waals surface area contributed by atoms with E-state index in [4.69, 9.17) is 0 Å². The van der Waals surface area contributed by atoms with Gasteiger partial charge in [0, 0.05) is 31.0 Å². The molecule has 3 unspecified atom stereocenters. The molecule has 2 fully saturated rings. The van der Waals surface area contributed by atoms with Gasteiger partial charge in [0.2, 0.25) is 0 Å². The maximum Gasteiger partial charge on any atom is 0.264 e. The summed E-state index contributed by atoms with van der Waals surface area (Å²) in [5.74, 6) is -2.87. The minimum absolute atomic E-state index is 0.0711. The van der Waals surface area contributed by atoms with Crippen LogP contribution in [0.5, 0.6) is 0 Å². The summed E-state index contributed by atoms with van der Waals surface area (Å²) in [6, 6.07) is -0.313. The van der Waals surface area contributed by atoms with Gasteiger partial charge in [0.05, 0.1) is 0 Å². The number of amides is 1. The molecule has 1 N–H and O–H groups in total. The molecule has 0 aromatic rings. The number of nitrogens with zero attached hydrogens (tertiary/aromatic N) is 2. The highest BCUT2D eigenvalue weighted by Gasteiger charge is 2.61. The van der Waals surface area contributed by atoms with E-state index in [9.17, 15) is 13.6 Å². The number of carbonyl (C=O) groups excluding carboxylic acids is 1. The predicted molar refractivity (Wildman–Crippen MR) is 65.8 cm³/mol. The van der Waals surface area contributed by atoms with E-state index in [0.29, 0.717) is 12.3 Å². The van der Waals surface area contributed by atoms with Crippen molar-refractivity contribution in [3.63, 3.8) is 0 Å². The van der Waals surface area contributed by atoms with Gasteiger partial charge in [-0.15, -0.1) is 0 Å². The Bertz CT molecular complexity index is 437. The van der Waals surface area contributed by atoms with Crippen LogP contribution in [0.4, 0.5) is 8.78 Å². The first-order valence-electron chi connectivity index (χ1n) is 5.34. The van der Waals surface area contributed by atoms with Crippen molar-refractivity contribution in [2.24, 2.45) is 10.9 Å². The van der Waals surface area contributed by atoms with Crippen molar-refractivity contribution in [3.8, 4) is 0 Å². The molecule has 17 heavy (non-hydrogen) atoms. The third-order valence-corrected chi connectivity index (χ3v) is 4.17. The maximum absolute atomic E-state index is 13.0. The molecule has 1 amide bonds. The largest absolute Gasteiger partial charge is 0.271 e. The molecular weight excluding hydrogens is 343 g/mol. The second kappa shape index (κ2) is 3.71. The summed E-state index contributed by atoms with van der Waals surface area (Å²) in [5.41, 5.74) is 2.97. The zero-order chi connectivity index (χ0) is 12.2. The van der Waals surface area contributed by atoms with E-state index in [2.05, 4.69) is 10.4 Å². The molecule has 1 aliphatic carbocycles. The Hall–Kier alpha value is -0.570. The fourth-order valence-electron chi connectivity index (χ4n) is 2.16. The molecule has 0 radical (unpaired) electrons. The number of alkyl halides is 3. The first-order chi connectivity index (χ1) is 7.97. The van der Waals surface area contributed by atoms with E-state index in [-0.39, 0.29) is 22.3 Å². The molecule has 92 valence electrons. The van der Waals surface area contributed by atoms with Crippen LogP contribution in [0.25, 0.3) is 0 Å². The van der Waals surface area contributed by atoms with Gasteiger partial charge in [0.25, 0.3) is 11.8 Å². The normalized spacial score (nSPS) is 38.8. The molecule has 4 nitrogen and oxygen atoms in total. The van der Waals surface area contributed by atoms with Crippen LogP contribution >= 0.6 is 22.6 Å². The number of nitrogens with one attached hydrogen (secondary N) is 1. The van der Waals surface area contributed by atoms with E-state index < -0.39 is 11.8 Å². The molecule has 1 saturated heterocycles. The van der Waals surface area contributed by atoms with Gasteiger partial charge in [-0.25, -0.2) is 14.2 Å². The van der Waals surface area contributed by atoms with Gasteiger partial charge in [-0.2, -0.15) is 4.99 Å². The molecule has 0 spiro atoms. The Balaban J connectivity index is 1.78. The minimum atomic E-state index is -2.55. The van der Waals surface area contributed by atoms with Crippen molar-refractivity contribution in [2.75, 3.05) is 0 Å². The molecule has 0 aromatic heterocycles. The zero-order valence-corrected chi connectivity index (χ0v) is 10.9.